The third-order valence-corrected chi connectivity index (χ3v) is 5.76. The first-order valence-corrected chi connectivity index (χ1v) is 11.2. The number of benzene rings is 1. The average molecular weight is 482 g/mol. The number of anilines is 2. The van der Waals surface area contributed by atoms with Crippen LogP contribution < -0.4 is 30.7 Å². The molecule has 4 N–H and O–H groups in total. The van der Waals surface area contributed by atoms with Gasteiger partial charge in [-0.3, -0.25) is 9.78 Å². The van der Waals surface area contributed by atoms with Crippen molar-refractivity contribution in [2.45, 2.75) is 18.9 Å². The number of hydrogen-bond acceptors (Lipinski definition) is 9. The fraction of sp³-hybridized carbons (Fsp3) is 0.333. The first-order valence-electron chi connectivity index (χ1n) is 11.2. The van der Waals surface area contributed by atoms with Crippen molar-refractivity contribution in [2.24, 2.45) is 5.73 Å². The third-order valence-electron chi connectivity index (χ3n) is 5.76. The van der Waals surface area contributed by atoms with Crippen LogP contribution in [0.3, 0.4) is 0 Å². The van der Waals surface area contributed by atoms with Crippen LogP contribution in [0.4, 0.5) is 15.9 Å². The molecule has 3 heterocycles. The highest BCUT2D eigenvalue weighted by Gasteiger charge is 2.27. The van der Waals surface area contributed by atoms with Crippen LogP contribution in [0.5, 0.6) is 11.5 Å². The van der Waals surface area contributed by atoms with Crippen molar-refractivity contribution in [2.75, 3.05) is 39.3 Å². The molecule has 0 saturated carbocycles. The number of amides is 1. The minimum absolute atomic E-state index is 0.0347. The molecule has 1 aromatic carbocycles. The van der Waals surface area contributed by atoms with Crippen molar-refractivity contribution in [3.8, 4) is 11.5 Å². The molecule has 1 amide bonds. The molecular formula is C24H28FN7O3. The van der Waals surface area contributed by atoms with Crippen LogP contribution in [-0.4, -0.2) is 61.3 Å². The number of hydrogen-bond donors (Lipinski definition) is 3. The molecule has 11 heteroatoms. The number of carbonyl (C=O) groups excluding carboxylic acids is 1. The molecule has 4 rings (SSSR count). The van der Waals surface area contributed by atoms with Gasteiger partial charge in [0.15, 0.2) is 17.2 Å². The van der Waals surface area contributed by atoms with Gasteiger partial charge < -0.3 is 30.7 Å². The van der Waals surface area contributed by atoms with Crippen molar-refractivity contribution in [1.29, 1.82) is 0 Å². The van der Waals surface area contributed by atoms with Gasteiger partial charge in [-0.15, -0.1) is 0 Å². The molecule has 1 unspecified atom stereocenters. The maximum absolute atomic E-state index is 15.5. The van der Waals surface area contributed by atoms with Crippen molar-refractivity contribution in [1.82, 2.24) is 25.6 Å². The molecule has 1 aliphatic heterocycles. The van der Waals surface area contributed by atoms with Crippen molar-refractivity contribution in [3.05, 3.63) is 48.2 Å². The molecule has 184 valence electrons. The summed E-state index contributed by atoms with van der Waals surface area (Å²) in [4.78, 5) is 27.3. The summed E-state index contributed by atoms with van der Waals surface area (Å²) in [5.41, 5.74) is 8.38. The maximum Gasteiger partial charge on any atom is 0.220 e. The molecule has 0 bridgehead atoms. The van der Waals surface area contributed by atoms with E-state index in [0.29, 0.717) is 41.3 Å². The summed E-state index contributed by atoms with van der Waals surface area (Å²) in [5.74, 6) is 0.290. The SMILES string of the molecule is CN/C=C(\CN)c1cnc2ccc(N(CC3CCC(=O)N3)c3cc(OC)cc(OC)c3F)nc2n1. The average Bonchev–Trinajstić information content (AvgIpc) is 3.30. The van der Waals surface area contributed by atoms with E-state index in [-0.39, 0.29) is 36.5 Å². The van der Waals surface area contributed by atoms with Gasteiger partial charge in [-0.05, 0) is 18.6 Å². The largest absolute Gasteiger partial charge is 0.497 e. The first-order chi connectivity index (χ1) is 17.0. The lowest BCUT2D eigenvalue weighted by molar-refractivity contribution is -0.119. The maximum atomic E-state index is 15.5. The van der Waals surface area contributed by atoms with Crippen LogP contribution in [0.25, 0.3) is 16.7 Å². The minimum Gasteiger partial charge on any atom is -0.497 e. The molecule has 0 spiro atoms. The highest BCUT2D eigenvalue weighted by Crippen LogP contribution is 2.37. The van der Waals surface area contributed by atoms with Gasteiger partial charge in [-0.1, -0.05) is 0 Å². The van der Waals surface area contributed by atoms with Crippen LogP contribution in [0.2, 0.25) is 0 Å². The number of rotatable bonds is 9. The van der Waals surface area contributed by atoms with E-state index in [0.717, 1.165) is 5.57 Å². The Morgan fingerprint density at radius 1 is 1.31 bits per heavy atom. The van der Waals surface area contributed by atoms with Gasteiger partial charge in [0.05, 0.1) is 31.8 Å². The van der Waals surface area contributed by atoms with Crippen LogP contribution >= 0.6 is 0 Å². The number of halogens is 1. The Bertz CT molecular complexity index is 1270. The van der Waals surface area contributed by atoms with Gasteiger partial charge in [-0.2, -0.15) is 0 Å². The van der Waals surface area contributed by atoms with E-state index in [1.54, 1.807) is 42.5 Å². The zero-order valence-corrected chi connectivity index (χ0v) is 19.8. The second kappa shape index (κ2) is 10.5. The smallest absolute Gasteiger partial charge is 0.220 e. The van der Waals surface area contributed by atoms with Gasteiger partial charge >= 0.3 is 0 Å². The Hall–Kier alpha value is -3.99. The quantitative estimate of drug-likeness (QED) is 0.421. The van der Waals surface area contributed by atoms with E-state index < -0.39 is 5.82 Å². The number of carbonyl (C=O) groups is 1. The second-order valence-corrected chi connectivity index (χ2v) is 8.01. The van der Waals surface area contributed by atoms with Gasteiger partial charge in [0.1, 0.15) is 17.1 Å². The van der Waals surface area contributed by atoms with E-state index in [4.69, 9.17) is 20.2 Å². The lowest BCUT2D eigenvalue weighted by atomic mass is 10.1. The molecule has 0 radical (unpaired) electrons. The summed E-state index contributed by atoms with van der Waals surface area (Å²) < 4.78 is 26.1. The van der Waals surface area contributed by atoms with E-state index in [1.807, 2.05) is 0 Å². The predicted octanol–water partition coefficient (Wildman–Crippen LogP) is 2.12. The molecule has 10 nitrogen and oxygen atoms in total. The zero-order chi connectivity index (χ0) is 24.9. The van der Waals surface area contributed by atoms with Gasteiger partial charge in [0.2, 0.25) is 5.91 Å². The van der Waals surface area contributed by atoms with Gasteiger partial charge in [-0.25, -0.2) is 14.4 Å². The summed E-state index contributed by atoms with van der Waals surface area (Å²) in [6.45, 7) is 0.557. The molecular weight excluding hydrogens is 453 g/mol. The molecule has 1 fully saturated rings. The molecule has 3 aromatic rings. The Labute approximate surface area is 202 Å². The number of methoxy groups -OCH3 is 2. The number of nitrogens with zero attached hydrogens (tertiary/aromatic N) is 4. The number of nitrogens with two attached hydrogens (primary N) is 1. The second-order valence-electron chi connectivity index (χ2n) is 8.01. The molecule has 1 saturated heterocycles. The van der Waals surface area contributed by atoms with Gasteiger partial charge in [0, 0.05) is 56.5 Å². The van der Waals surface area contributed by atoms with Crippen molar-refractivity contribution in [3.63, 3.8) is 0 Å². The van der Waals surface area contributed by atoms with E-state index >= 15 is 4.39 Å². The van der Waals surface area contributed by atoms with Crippen LogP contribution in [0.1, 0.15) is 18.5 Å². The topological polar surface area (TPSA) is 128 Å². The summed E-state index contributed by atoms with van der Waals surface area (Å²) >= 11 is 0. The lowest BCUT2D eigenvalue weighted by Crippen LogP contribution is -2.37. The van der Waals surface area contributed by atoms with E-state index in [2.05, 4.69) is 20.6 Å². The lowest BCUT2D eigenvalue weighted by Gasteiger charge is -2.28. The molecule has 0 aliphatic carbocycles. The Balaban J connectivity index is 1.83. The Morgan fingerprint density at radius 2 is 2.14 bits per heavy atom. The first kappa shape index (κ1) is 24.1. The summed E-state index contributed by atoms with van der Waals surface area (Å²) in [6, 6.07) is 6.38. The highest BCUT2D eigenvalue weighted by molar-refractivity contribution is 5.79. The number of fused-ring (bicyclic) bond motifs is 1. The van der Waals surface area contributed by atoms with Crippen molar-refractivity contribution < 1.29 is 18.7 Å². The summed E-state index contributed by atoms with van der Waals surface area (Å²) in [5, 5.41) is 5.88. The fourth-order valence-corrected chi connectivity index (χ4v) is 3.98. The van der Waals surface area contributed by atoms with Gasteiger partial charge in [0.25, 0.3) is 0 Å². The minimum atomic E-state index is -0.568. The zero-order valence-electron chi connectivity index (χ0n) is 19.8. The molecule has 1 aliphatic rings. The van der Waals surface area contributed by atoms with E-state index in [9.17, 15) is 4.79 Å². The van der Waals surface area contributed by atoms with Crippen LogP contribution in [0, 0.1) is 5.82 Å². The van der Waals surface area contributed by atoms with Crippen LogP contribution in [0.15, 0.2) is 36.7 Å². The fourth-order valence-electron chi connectivity index (χ4n) is 3.98. The normalized spacial score (nSPS) is 15.7. The molecule has 1 atom stereocenters. The number of pyridine rings is 1. The number of ether oxygens (including phenoxy) is 2. The number of nitrogens with one attached hydrogen (secondary N) is 2. The third kappa shape index (κ3) is 5.09. The highest BCUT2D eigenvalue weighted by atomic mass is 19.1. The Morgan fingerprint density at radius 3 is 2.80 bits per heavy atom. The monoisotopic (exact) mass is 481 g/mol. The molecule has 35 heavy (non-hydrogen) atoms. The summed E-state index contributed by atoms with van der Waals surface area (Å²) in [7, 11) is 4.66. The van der Waals surface area contributed by atoms with E-state index in [1.165, 1.54) is 20.3 Å². The molecule has 2 aromatic heterocycles. The Kier molecular flexibility index (Phi) is 7.25. The van der Waals surface area contributed by atoms with Crippen LogP contribution in [-0.2, 0) is 4.79 Å². The predicted molar refractivity (Wildman–Crippen MR) is 131 cm³/mol. The van der Waals surface area contributed by atoms with Crippen molar-refractivity contribution >= 4 is 34.1 Å². The number of aromatic nitrogens is 3. The standard InChI is InChI=1S/C24H28FN7O3/c1-27-11-14(10-26)18-12-28-17-5-6-21(31-24(17)30-18)32(13-15-4-7-22(33)29-15)19-8-16(34-2)9-20(35-3)23(19)25/h5-6,8-9,11-12,15,27H,4,7,10,13,26H2,1-3H3,(H,29,33)/b14-11+. The summed E-state index contributed by atoms with van der Waals surface area (Å²) in [6.07, 6.45) is 4.44.